The molecule has 0 aromatic heterocycles. The van der Waals surface area contributed by atoms with Crippen LogP contribution in [0.2, 0.25) is 0 Å². The summed E-state index contributed by atoms with van der Waals surface area (Å²) in [6.45, 7) is 5.61. The molecule has 3 aliphatic rings. The average Bonchev–Trinajstić information content (AvgIpc) is 3.20. The number of aliphatic imine (C=N–C) groups is 1. The molecule has 134 valence electrons. The molecule has 0 aliphatic carbocycles. The van der Waals surface area contributed by atoms with Crippen molar-refractivity contribution in [2.45, 2.75) is 43.9 Å². The van der Waals surface area contributed by atoms with Crippen molar-refractivity contribution in [2.75, 3.05) is 53.5 Å². The minimum absolute atomic E-state index is 0. The molecule has 0 spiro atoms. The van der Waals surface area contributed by atoms with Gasteiger partial charge in [0.25, 0.3) is 0 Å². The van der Waals surface area contributed by atoms with Gasteiger partial charge in [-0.05, 0) is 39.3 Å². The Bertz CT molecular complexity index is 390. The van der Waals surface area contributed by atoms with Crippen LogP contribution >= 0.6 is 24.0 Å². The summed E-state index contributed by atoms with van der Waals surface area (Å²) in [4.78, 5) is 9.24. The first-order valence-corrected chi connectivity index (χ1v) is 8.67. The zero-order valence-corrected chi connectivity index (χ0v) is 16.7. The number of hydrogen-bond donors (Lipinski definition) is 1. The van der Waals surface area contributed by atoms with Gasteiger partial charge in [0.2, 0.25) is 0 Å². The van der Waals surface area contributed by atoms with Gasteiger partial charge in [0.15, 0.2) is 5.96 Å². The number of guanidine groups is 1. The van der Waals surface area contributed by atoms with E-state index < -0.39 is 0 Å². The highest BCUT2D eigenvalue weighted by molar-refractivity contribution is 14.0. The third-order valence-electron chi connectivity index (χ3n) is 5.15. The van der Waals surface area contributed by atoms with Crippen LogP contribution in [0, 0.1) is 0 Å². The zero-order valence-electron chi connectivity index (χ0n) is 14.4. The van der Waals surface area contributed by atoms with Gasteiger partial charge in [-0.1, -0.05) is 0 Å². The normalized spacial score (nSPS) is 32.9. The van der Waals surface area contributed by atoms with Gasteiger partial charge in [-0.3, -0.25) is 4.99 Å². The maximum absolute atomic E-state index is 5.92. The topological polar surface area (TPSA) is 49.3 Å². The Labute approximate surface area is 157 Å². The van der Waals surface area contributed by atoms with Crippen molar-refractivity contribution in [3.63, 3.8) is 0 Å². The predicted octanol–water partition coefficient (Wildman–Crippen LogP) is 1.15. The number of likely N-dealkylation sites (tertiary alicyclic amines) is 1. The molecule has 3 unspecified atom stereocenters. The molecule has 1 N–H and O–H groups in total. The van der Waals surface area contributed by atoms with Crippen molar-refractivity contribution in [3.8, 4) is 0 Å². The molecular weight excluding hydrogens is 407 g/mol. The van der Waals surface area contributed by atoms with Crippen LogP contribution < -0.4 is 5.32 Å². The number of rotatable bonds is 3. The SMILES string of the molecule is CN=C(NCC1CCCN1C)N1CCOC(C2CCCO2)C1.I. The van der Waals surface area contributed by atoms with Crippen molar-refractivity contribution >= 4 is 29.9 Å². The Hall–Kier alpha value is -0.120. The Kier molecular flexibility index (Phi) is 7.84. The van der Waals surface area contributed by atoms with Gasteiger partial charge in [-0.2, -0.15) is 0 Å². The summed E-state index contributed by atoms with van der Waals surface area (Å²) in [7, 11) is 4.08. The molecule has 0 saturated carbocycles. The van der Waals surface area contributed by atoms with E-state index in [-0.39, 0.29) is 36.2 Å². The molecule has 6 nitrogen and oxygen atoms in total. The Morgan fingerprint density at radius 1 is 1.13 bits per heavy atom. The van der Waals surface area contributed by atoms with Gasteiger partial charge in [0.1, 0.15) is 6.10 Å². The van der Waals surface area contributed by atoms with Crippen molar-refractivity contribution in [1.29, 1.82) is 0 Å². The first kappa shape index (κ1) is 19.2. The third kappa shape index (κ3) is 4.93. The van der Waals surface area contributed by atoms with Crippen molar-refractivity contribution in [2.24, 2.45) is 4.99 Å². The predicted molar refractivity (Wildman–Crippen MR) is 103 cm³/mol. The number of morpholine rings is 1. The highest BCUT2D eigenvalue weighted by atomic mass is 127. The van der Waals surface area contributed by atoms with Crippen LogP contribution in [0.1, 0.15) is 25.7 Å². The third-order valence-corrected chi connectivity index (χ3v) is 5.15. The van der Waals surface area contributed by atoms with Crippen molar-refractivity contribution < 1.29 is 9.47 Å². The number of ether oxygens (including phenoxy) is 2. The largest absolute Gasteiger partial charge is 0.375 e. The highest BCUT2D eigenvalue weighted by Crippen LogP contribution is 2.21. The summed E-state index contributed by atoms with van der Waals surface area (Å²) < 4.78 is 11.7. The van der Waals surface area contributed by atoms with E-state index in [4.69, 9.17) is 9.47 Å². The van der Waals surface area contributed by atoms with Gasteiger partial charge in [-0.25, -0.2) is 0 Å². The second-order valence-corrected chi connectivity index (χ2v) is 6.61. The molecule has 0 aromatic carbocycles. The molecule has 0 amide bonds. The van der Waals surface area contributed by atoms with Crippen LogP contribution in [0.15, 0.2) is 4.99 Å². The van der Waals surface area contributed by atoms with E-state index in [0.29, 0.717) is 6.04 Å². The lowest BCUT2D eigenvalue weighted by Gasteiger charge is -2.37. The van der Waals surface area contributed by atoms with E-state index >= 15 is 0 Å². The molecule has 3 saturated heterocycles. The zero-order chi connectivity index (χ0) is 15.4. The Morgan fingerprint density at radius 3 is 2.61 bits per heavy atom. The lowest BCUT2D eigenvalue weighted by molar-refractivity contribution is -0.0817. The Balaban J connectivity index is 0.00000192. The summed E-state index contributed by atoms with van der Waals surface area (Å²) in [5, 5.41) is 3.56. The summed E-state index contributed by atoms with van der Waals surface area (Å²) in [5.74, 6) is 1.01. The van der Waals surface area contributed by atoms with Gasteiger partial charge in [0.05, 0.1) is 12.7 Å². The minimum atomic E-state index is 0. The van der Waals surface area contributed by atoms with E-state index in [9.17, 15) is 0 Å². The Morgan fingerprint density at radius 2 is 1.96 bits per heavy atom. The van der Waals surface area contributed by atoms with E-state index in [1.807, 2.05) is 7.05 Å². The van der Waals surface area contributed by atoms with Crippen LogP contribution in [0.4, 0.5) is 0 Å². The van der Waals surface area contributed by atoms with Crippen molar-refractivity contribution in [1.82, 2.24) is 15.1 Å². The fraction of sp³-hybridized carbons (Fsp3) is 0.938. The number of likely N-dealkylation sites (N-methyl/N-ethyl adjacent to an activating group) is 1. The molecule has 3 heterocycles. The van der Waals surface area contributed by atoms with Crippen LogP contribution in [0.5, 0.6) is 0 Å². The molecule has 0 bridgehead atoms. The molecule has 3 fully saturated rings. The second-order valence-electron chi connectivity index (χ2n) is 6.61. The van der Waals surface area contributed by atoms with E-state index in [2.05, 4.69) is 27.2 Å². The van der Waals surface area contributed by atoms with Gasteiger partial charge in [0, 0.05) is 39.3 Å². The average molecular weight is 438 g/mol. The fourth-order valence-electron chi connectivity index (χ4n) is 3.77. The quantitative estimate of drug-likeness (QED) is 0.407. The summed E-state index contributed by atoms with van der Waals surface area (Å²) in [6, 6.07) is 0.631. The number of nitrogens with one attached hydrogen (secondary N) is 1. The summed E-state index contributed by atoms with van der Waals surface area (Å²) in [6.07, 6.45) is 5.32. The lowest BCUT2D eigenvalue weighted by atomic mass is 10.1. The second kappa shape index (κ2) is 9.39. The summed E-state index contributed by atoms with van der Waals surface area (Å²) in [5.41, 5.74) is 0. The molecule has 3 rings (SSSR count). The first-order valence-electron chi connectivity index (χ1n) is 8.67. The molecule has 3 aliphatic heterocycles. The van der Waals surface area contributed by atoms with Crippen LogP contribution in [-0.2, 0) is 9.47 Å². The maximum atomic E-state index is 5.92. The van der Waals surface area contributed by atoms with Crippen molar-refractivity contribution in [3.05, 3.63) is 0 Å². The van der Waals surface area contributed by atoms with Crippen LogP contribution in [0.25, 0.3) is 0 Å². The molecule has 3 atom stereocenters. The maximum Gasteiger partial charge on any atom is 0.193 e. The van der Waals surface area contributed by atoms with Gasteiger partial charge < -0.3 is 24.6 Å². The number of hydrogen-bond acceptors (Lipinski definition) is 4. The van der Waals surface area contributed by atoms with E-state index in [1.165, 1.54) is 19.4 Å². The van der Waals surface area contributed by atoms with Gasteiger partial charge in [-0.15, -0.1) is 24.0 Å². The fourth-order valence-corrected chi connectivity index (χ4v) is 3.77. The first-order chi connectivity index (χ1) is 10.8. The highest BCUT2D eigenvalue weighted by Gasteiger charge is 2.32. The number of halogens is 1. The van der Waals surface area contributed by atoms with Gasteiger partial charge >= 0.3 is 0 Å². The number of nitrogens with zero attached hydrogens (tertiary/aromatic N) is 3. The minimum Gasteiger partial charge on any atom is -0.375 e. The molecule has 7 heteroatoms. The van der Waals surface area contributed by atoms with E-state index in [1.54, 1.807) is 0 Å². The van der Waals surface area contributed by atoms with Crippen LogP contribution in [-0.4, -0.2) is 87.5 Å². The summed E-state index contributed by atoms with van der Waals surface area (Å²) >= 11 is 0. The molecule has 23 heavy (non-hydrogen) atoms. The van der Waals surface area contributed by atoms with Crippen LogP contribution in [0.3, 0.4) is 0 Å². The van der Waals surface area contributed by atoms with E-state index in [0.717, 1.165) is 51.6 Å². The molecule has 0 aromatic rings. The molecule has 0 radical (unpaired) electrons. The lowest BCUT2D eigenvalue weighted by Crippen LogP contribution is -2.54. The smallest absolute Gasteiger partial charge is 0.193 e. The molecular formula is C16H31IN4O2. The standard InChI is InChI=1S/C16H30N4O2.HI/c1-17-16(18-11-13-5-3-7-19(13)2)20-8-10-22-15(12-20)14-6-4-9-21-14;/h13-15H,3-12H2,1-2H3,(H,17,18);1H. The monoisotopic (exact) mass is 438 g/mol.